The number of rotatable bonds is 8. The van der Waals surface area contributed by atoms with E-state index in [0.29, 0.717) is 6.42 Å². The Balaban J connectivity index is 2.07. The number of hydrogen-bond donors (Lipinski definition) is 2. The molecule has 0 saturated carbocycles. The Morgan fingerprint density at radius 1 is 0.704 bits per heavy atom. The maximum atomic E-state index is 9.36. The summed E-state index contributed by atoms with van der Waals surface area (Å²) >= 11 is 4.57. The predicted octanol–water partition coefficient (Wildman–Crippen LogP) is 5.03. The molecule has 0 unspecified atom stereocenters. The Labute approximate surface area is 165 Å². The van der Waals surface area contributed by atoms with Gasteiger partial charge in [-0.05, 0) is 41.3 Å². The average Bonchev–Trinajstić information content (AvgIpc) is 2.70. The highest BCUT2D eigenvalue weighted by atomic mass is 32.5. The average molecular weight is 398 g/mol. The van der Waals surface area contributed by atoms with E-state index < -0.39 is 6.72 Å². The Kier molecular flexibility index (Phi) is 6.59. The first-order chi connectivity index (χ1) is 13.0. The quantitative estimate of drug-likeness (QED) is 0.318. The zero-order valence-electron chi connectivity index (χ0n) is 14.9. The fourth-order valence-electron chi connectivity index (χ4n) is 3.62. The Morgan fingerprint density at radius 3 is 1.41 bits per heavy atom. The van der Waals surface area contributed by atoms with Gasteiger partial charge >= 0.3 is 6.72 Å². The van der Waals surface area contributed by atoms with Gasteiger partial charge in [0.25, 0.3) is 0 Å². The molecule has 0 heterocycles. The van der Waals surface area contributed by atoms with Crippen molar-refractivity contribution in [1.29, 1.82) is 0 Å². The van der Waals surface area contributed by atoms with Gasteiger partial charge in [-0.2, -0.15) is 0 Å². The second kappa shape index (κ2) is 8.92. The largest absolute Gasteiger partial charge is 0.325 e. The molecule has 0 atom stereocenters. The molecule has 0 radical (unpaired) electrons. The van der Waals surface area contributed by atoms with E-state index >= 15 is 0 Å². The molecule has 0 amide bonds. The second-order valence-corrected chi connectivity index (χ2v) is 9.10. The zero-order valence-corrected chi connectivity index (χ0v) is 16.7. The highest BCUT2D eigenvalue weighted by Gasteiger charge is 2.35. The van der Waals surface area contributed by atoms with Crippen LogP contribution in [0.5, 0.6) is 0 Å². The van der Waals surface area contributed by atoms with Crippen LogP contribution in [-0.2, 0) is 21.7 Å². The van der Waals surface area contributed by atoms with Gasteiger partial charge in [0.2, 0.25) is 0 Å². The lowest BCUT2D eigenvalue weighted by atomic mass is 9.67. The lowest BCUT2D eigenvalue weighted by molar-refractivity contribution is 0.241. The molecule has 0 aliphatic heterocycles. The van der Waals surface area contributed by atoms with Gasteiger partial charge in [-0.1, -0.05) is 91.0 Å². The fourth-order valence-corrected chi connectivity index (χ4v) is 4.21. The molecule has 0 spiro atoms. The summed E-state index contributed by atoms with van der Waals surface area (Å²) in [6.45, 7) is -3.42. The van der Waals surface area contributed by atoms with Crippen molar-refractivity contribution in [2.24, 2.45) is 0 Å². The van der Waals surface area contributed by atoms with Crippen molar-refractivity contribution in [3.63, 3.8) is 0 Å². The highest BCUT2D eigenvalue weighted by molar-refractivity contribution is 8.06. The SMILES string of the molecule is OP(O)(=S)OCCCC(c1ccccc1)(c1ccccc1)c1ccccc1. The minimum atomic E-state index is -3.63. The molecule has 2 N–H and O–H groups in total. The van der Waals surface area contributed by atoms with Crippen molar-refractivity contribution in [2.45, 2.75) is 18.3 Å². The van der Waals surface area contributed by atoms with Gasteiger partial charge in [-0.15, -0.1) is 0 Å². The smallest absolute Gasteiger partial charge is 0.321 e. The summed E-state index contributed by atoms with van der Waals surface area (Å²) < 4.78 is 5.07. The van der Waals surface area contributed by atoms with Crippen LogP contribution in [0, 0.1) is 0 Å². The molecule has 0 bridgehead atoms. The van der Waals surface area contributed by atoms with Gasteiger partial charge < -0.3 is 14.3 Å². The van der Waals surface area contributed by atoms with E-state index in [-0.39, 0.29) is 12.0 Å². The van der Waals surface area contributed by atoms with Crippen LogP contribution in [0.4, 0.5) is 0 Å². The van der Waals surface area contributed by atoms with Crippen LogP contribution in [0.25, 0.3) is 0 Å². The Morgan fingerprint density at radius 2 is 1.07 bits per heavy atom. The second-order valence-electron chi connectivity index (χ2n) is 6.43. The maximum absolute atomic E-state index is 9.36. The number of benzene rings is 3. The van der Waals surface area contributed by atoms with E-state index in [1.807, 2.05) is 54.6 Å². The van der Waals surface area contributed by atoms with E-state index in [9.17, 15) is 9.79 Å². The topological polar surface area (TPSA) is 49.7 Å². The van der Waals surface area contributed by atoms with E-state index in [1.165, 1.54) is 16.7 Å². The molecule has 3 rings (SSSR count). The van der Waals surface area contributed by atoms with Gasteiger partial charge in [0.05, 0.1) is 6.61 Å². The van der Waals surface area contributed by atoms with Crippen molar-refractivity contribution < 1.29 is 14.3 Å². The van der Waals surface area contributed by atoms with Gasteiger partial charge in [0, 0.05) is 5.41 Å². The highest BCUT2D eigenvalue weighted by Crippen LogP contribution is 2.44. The molecule has 0 aliphatic rings. The molecule has 5 heteroatoms. The lowest BCUT2D eigenvalue weighted by Crippen LogP contribution is -2.30. The predicted molar refractivity (Wildman–Crippen MR) is 113 cm³/mol. The molecular formula is C22H23O3PS. The third kappa shape index (κ3) is 4.92. The van der Waals surface area contributed by atoms with Crippen LogP contribution >= 0.6 is 6.72 Å². The monoisotopic (exact) mass is 398 g/mol. The van der Waals surface area contributed by atoms with Crippen LogP contribution < -0.4 is 0 Å². The molecule has 0 saturated heterocycles. The van der Waals surface area contributed by atoms with Gasteiger partial charge in [-0.25, -0.2) is 0 Å². The molecular weight excluding hydrogens is 375 g/mol. The molecule has 3 aromatic rings. The minimum absolute atomic E-state index is 0.207. The van der Waals surface area contributed by atoms with Crippen molar-refractivity contribution in [3.05, 3.63) is 108 Å². The normalized spacial score (nSPS) is 12.1. The molecule has 3 nitrogen and oxygen atoms in total. The third-order valence-electron chi connectivity index (χ3n) is 4.76. The summed E-state index contributed by atoms with van der Waals surface area (Å²) in [5.74, 6) is 0. The van der Waals surface area contributed by atoms with Gasteiger partial charge in [0.15, 0.2) is 0 Å². The third-order valence-corrected chi connectivity index (χ3v) is 5.59. The summed E-state index contributed by atoms with van der Waals surface area (Å²) in [6.07, 6.45) is 1.39. The lowest BCUT2D eigenvalue weighted by Gasteiger charge is -2.36. The Hall–Kier alpha value is -1.81. The van der Waals surface area contributed by atoms with E-state index in [1.54, 1.807) is 0 Å². The van der Waals surface area contributed by atoms with Gasteiger partial charge in [-0.3, -0.25) is 0 Å². The zero-order chi connectivity index (χ0) is 19.2. The van der Waals surface area contributed by atoms with Crippen LogP contribution in [0.3, 0.4) is 0 Å². The molecule has 27 heavy (non-hydrogen) atoms. The summed E-state index contributed by atoms with van der Waals surface area (Å²) in [7, 11) is 0. The molecule has 0 fully saturated rings. The number of hydrogen-bond acceptors (Lipinski definition) is 2. The first kappa shape index (κ1) is 19.9. The Bertz CT molecular complexity index is 783. The van der Waals surface area contributed by atoms with Crippen LogP contribution in [0.2, 0.25) is 0 Å². The molecule has 3 aromatic carbocycles. The van der Waals surface area contributed by atoms with E-state index in [2.05, 4.69) is 48.2 Å². The van der Waals surface area contributed by atoms with Crippen molar-refractivity contribution >= 4 is 18.5 Å². The van der Waals surface area contributed by atoms with Crippen molar-refractivity contribution in [2.75, 3.05) is 6.61 Å². The van der Waals surface area contributed by atoms with Crippen molar-refractivity contribution in [3.8, 4) is 0 Å². The fraction of sp³-hybridized carbons (Fsp3) is 0.182. The van der Waals surface area contributed by atoms with E-state index in [0.717, 1.165) is 6.42 Å². The van der Waals surface area contributed by atoms with E-state index in [4.69, 9.17) is 4.52 Å². The molecule has 0 aliphatic carbocycles. The summed E-state index contributed by atoms with van der Waals surface area (Å²) in [5.41, 5.74) is 3.21. The standard InChI is InChI=1S/C22H23O3PS/c23-26(24,27)25-18-10-17-22(19-11-4-1-5-12-19,20-13-6-2-7-14-20)21-15-8-3-9-16-21/h1-9,11-16H,10,17-18H2,(H2,23,24,27). The minimum Gasteiger partial charge on any atom is -0.325 e. The molecule has 140 valence electrons. The summed E-state index contributed by atoms with van der Waals surface area (Å²) in [6, 6.07) is 31.2. The summed E-state index contributed by atoms with van der Waals surface area (Å²) in [4.78, 5) is 18.7. The van der Waals surface area contributed by atoms with Crippen LogP contribution in [0.15, 0.2) is 91.0 Å². The summed E-state index contributed by atoms with van der Waals surface area (Å²) in [5, 5.41) is 0. The van der Waals surface area contributed by atoms with Crippen LogP contribution in [0.1, 0.15) is 29.5 Å². The first-order valence-corrected chi connectivity index (χ1v) is 11.5. The molecule has 0 aromatic heterocycles. The first-order valence-electron chi connectivity index (χ1n) is 8.89. The maximum Gasteiger partial charge on any atom is 0.321 e. The van der Waals surface area contributed by atoms with Crippen molar-refractivity contribution in [1.82, 2.24) is 0 Å². The van der Waals surface area contributed by atoms with Crippen LogP contribution in [-0.4, -0.2) is 16.4 Å². The van der Waals surface area contributed by atoms with Gasteiger partial charge in [0.1, 0.15) is 0 Å².